The van der Waals surface area contributed by atoms with Crippen molar-refractivity contribution in [2.24, 2.45) is 5.41 Å². The number of likely N-dealkylation sites (tertiary alicyclic amines) is 1. The van der Waals surface area contributed by atoms with Gasteiger partial charge < -0.3 is 10.0 Å². The SMILES string of the molecule is CCC1(CO)CCN(C(=O)c2n[nH]c3ccccc3c2=O)CC1. The van der Waals surface area contributed by atoms with Crippen LogP contribution in [0, 0.1) is 5.41 Å². The predicted octanol–water partition coefficient (Wildman–Crippen LogP) is 1.55. The van der Waals surface area contributed by atoms with Gasteiger partial charge in [0, 0.05) is 25.1 Å². The summed E-state index contributed by atoms with van der Waals surface area (Å²) in [5.41, 5.74) is 0.133. The molecule has 0 aliphatic carbocycles. The van der Waals surface area contributed by atoms with Crippen LogP contribution in [0.5, 0.6) is 0 Å². The first-order chi connectivity index (χ1) is 11.1. The summed E-state index contributed by atoms with van der Waals surface area (Å²) in [6, 6.07) is 7.03. The number of para-hydroxylation sites is 1. The number of nitrogens with one attached hydrogen (secondary N) is 1. The lowest BCUT2D eigenvalue weighted by atomic mass is 9.77. The lowest BCUT2D eigenvalue weighted by molar-refractivity contribution is 0.0333. The van der Waals surface area contributed by atoms with Gasteiger partial charge in [-0.2, -0.15) is 5.10 Å². The van der Waals surface area contributed by atoms with Crippen molar-refractivity contribution in [3.63, 3.8) is 0 Å². The Hall–Kier alpha value is -2.21. The third kappa shape index (κ3) is 2.74. The van der Waals surface area contributed by atoms with E-state index < -0.39 is 0 Å². The number of carbonyl (C=O) groups is 1. The largest absolute Gasteiger partial charge is 0.396 e. The van der Waals surface area contributed by atoms with Crippen LogP contribution in [0.25, 0.3) is 10.9 Å². The van der Waals surface area contributed by atoms with Crippen molar-refractivity contribution in [3.05, 3.63) is 40.2 Å². The highest BCUT2D eigenvalue weighted by molar-refractivity contribution is 5.95. The summed E-state index contributed by atoms with van der Waals surface area (Å²) in [6.07, 6.45) is 2.38. The third-order valence-electron chi connectivity index (χ3n) is 5.07. The average molecular weight is 315 g/mol. The molecule has 2 aromatic rings. The van der Waals surface area contributed by atoms with Crippen molar-refractivity contribution in [1.82, 2.24) is 15.1 Å². The topological polar surface area (TPSA) is 86.3 Å². The highest BCUT2D eigenvalue weighted by Gasteiger charge is 2.35. The fourth-order valence-electron chi connectivity index (χ4n) is 3.18. The second-order valence-corrected chi connectivity index (χ2v) is 6.25. The van der Waals surface area contributed by atoms with Gasteiger partial charge in [0.1, 0.15) is 0 Å². The van der Waals surface area contributed by atoms with Gasteiger partial charge in [0.05, 0.1) is 5.52 Å². The maximum Gasteiger partial charge on any atom is 0.278 e. The Balaban J connectivity index is 1.85. The molecule has 0 spiro atoms. The molecule has 1 aromatic carbocycles. The summed E-state index contributed by atoms with van der Waals surface area (Å²) < 4.78 is 0. The van der Waals surface area contributed by atoms with Crippen molar-refractivity contribution in [2.45, 2.75) is 26.2 Å². The summed E-state index contributed by atoms with van der Waals surface area (Å²) in [5, 5.41) is 16.8. The number of piperidine rings is 1. The van der Waals surface area contributed by atoms with Crippen LogP contribution in [0.4, 0.5) is 0 Å². The Bertz CT molecular complexity index is 770. The van der Waals surface area contributed by atoms with E-state index in [9.17, 15) is 14.7 Å². The lowest BCUT2D eigenvalue weighted by Gasteiger charge is -2.40. The van der Waals surface area contributed by atoms with E-state index in [1.165, 1.54) is 0 Å². The van der Waals surface area contributed by atoms with Gasteiger partial charge in [-0.15, -0.1) is 0 Å². The minimum atomic E-state index is -0.334. The molecule has 1 saturated heterocycles. The first-order valence-electron chi connectivity index (χ1n) is 7.98. The van der Waals surface area contributed by atoms with Crippen LogP contribution >= 0.6 is 0 Å². The van der Waals surface area contributed by atoms with Gasteiger partial charge in [-0.1, -0.05) is 19.1 Å². The molecule has 6 heteroatoms. The molecule has 6 nitrogen and oxygen atoms in total. The quantitative estimate of drug-likeness (QED) is 0.900. The molecule has 2 heterocycles. The molecule has 0 radical (unpaired) electrons. The van der Waals surface area contributed by atoms with Crippen LogP contribution in [-0.2, 0) is 0 Å². The molecule has 1 aromatic heterocycles. The van der Waals surface area contributed by atoms with Gasteiger partial charge in [0.2, 0.25) is 5.43 Å². The molecular formula is C17H21N3O3. The van der Waals surface area contributed by atoms with Crippen molar-refractivity contribution >= 4 is 16.8 Å². The molecule has 122 valence electrons. The van der Waals surface area contributed by atoms with Gasteiger partial charge in [0.25, 0.3) is 5.91 Å². The number of H-pyrrole nitrogens is 1. The molecule has 3 rings (SSSR count). The highest BCUT2D eigenvalue weighted by Crippen LogP contribution is 2.34. The summed E-state index contributed by atoms with van der Waals surface area (Å²) in [5.74, 6) is -0.334. The number of carbonyl (C=O) groups excluding carboxylic acids is 1. The number of rotatable bonds is 3. The second-order valence-electron chi connectivity index (χ2n) is 6.25. The zero-order chi connectivity index (χ0) is 16.4. The van der Waals surface area contributed by atoms with Gasteiger partial charge in [-0.3, -0.25) is 14.7 Å². The number of benzene rings is 1. The zero-order valence-corrected chi connectivity index (χ0v) is 13.2. The Morgan fingerprint density at radius 2 is 2.04 bits per heavy atom. The van der Waals surface area contributed by atoms with E-state index in [1.54, 1.807) is 23.1 Å². The minimum absolute atomic E-state index is 0.0586. The Kier molecular flexibility index (Phi) is 4.17. The van der Waals surface area contributed by atoms with E-state index in [4.69, 9.17) is 0 Å². The van der Waals surface area contributed by atoms with E-state index >= 15 is 0 Å². The summed E-state index contributed by atoms with van der Waals surface area (Å²) >= 11 is 0. The van der Waals surface area contributed by atoms with Crippen LogP contribution in [0.15, 0.2) is 29.1 Å². The van der Waals surface area contributed by atoms with Crippen molar-refractivity contribution < 1.29 is 9.90 Å². The monoisotopic (exact) mass is 315 g/mol. The minimum Gasteiger partial charge on any atom is -0.396 e. The van der Waals surface area contributed by atoms with E-state index in [2.05, 4.69) is 17.1 Å². The first-order valence-corrected chi connectivity index (χ1v) is 7.98. The van der Waals surface area contributed by atoms with Crippen molar-refractivity contribution in [3.8, 4) is 0 Å². The molecule has 1 aliphatic heterocycles. The van der Waals surface area contributed by atoms with Crippen LogP contribution in [-0.4, -0.2) is 45.8 Å². The smallest absolute Gasteiger partial charge is 0.278 e. The molecule has 1 aliphatic rings. The predicted molar refractivity (Wildman–Crippen MR) is 87.3 cm³/mol. The van der Waals surface area contributed by atoms with Gasteiger partial charge in [0.15, 0.2) is 5.69 Å². The third-order valence-corrected chi connectivity index (χ3v) is 5.07. The maximum atomic E-state index is 12.6. The standard InChI is InChI=1S/C17H21N3O3/c1-2-17(11-21)7-9-20(10-8-17)16(23)14-15(22)12-5-3-4-6-13(12)18-19-14/h3-6,21H,2,7-11H2,1H3,(H,18,22). The van der Waals surface area contributed by atoms with Gasteiger partial charge in [-0.05, 0) is 36.8 Å². The number of fused-ring (bicyclic) bond motifs is 1. The number of aliphatic hydroxyl groups is 1. The van der Waals surface area contributed by atoms with Crippen LogP contribution in [0.3, 0.4) is 0 Å². The fraction of sp³-hybridized carbons (Fsp3) is 0.471. The molecule has 0 atom stereocenters. The Morgan fingerprint density at radius 3 is 2.70 bits per heavy atom. The van der Waals surface area contributed by atoms with Gasteiger partial charge in [-0.25, -0.2) is 0 Å². The molecular weight excluding hydrogens is 294 g/mol. The van der Waals surface area contributed by atoms with Gasteiger partial charge >= 0.3 is 0 Å². The number of hydrogen-bond acceptors (Lipinski definition) is 4. The molecule has 23 heavy (non-hydrogen) atoms. The number of aliphatic hydroxyl groups excluding tert-OH is 1. The normalized spacial score (nSPS) is 17.4. The second kappa shape index (κ2) is 6.12. The van der Waals surface area contributed by atoms with Crippen molar-refractivity contribution in [1.29, 1.82) is 0 Å². The van der Waals surface area contributed by atoms with Crippen LogP contribution < -0.4 is 5.43 Å². The average Bonchev–Trinajstić information content (AvgIpc) is 2.62. The van der Waals surface area contributed by atoms with Crippen molar-refractivity contribution in [2.75, 3.05) is 19.7 Å². The van der Waals surface area contributed by atoms with E-state index in [-0.39, 0.29) is 29.1 Å². The molecule has 2 N–H and O–H groups in total. The van der Waals surface area contributed by atoms with E-state index in [0.29, 0.717) is 24.0 Å². The number of nitrogens with zero attached hydrogens (tertiary/aromatic N) is 2. The number of aromatic nitrogens is 2. The molecule has 1 amide bonds. The van der Waals surface area contributed by atoms with Crippen LogP contribution in [0.1, 0.15) is 36.7 Å². The Morgan fingerprint density at radius 1 is 1.35 bits per heavy atom. The zero-order valence-electron chi connectivity index (χ0n) is 13.2. The molecule has 0 unspecified atom stereocenters. The number of hydrogen-bond donors (Lipinski definition) is 2. The van der Waals surface area contributed by atoms with E-state index in [1.807, 2.05) is 6.07 Å². The lowest BCUT2D eigenvalue weighted by Crippen LogP contribution is -2.45. The summed E-state index contributed by atoms with van der Waals surface area (Å²) in [6.45, 7) is 3.28. The molecule has 0 saturated carbocycles. The summed E-state index contributed by atoms with van der Waals surface area (Å²) in [4.78, 5) is 26.8. The molecule has 1 fully saturated rings. The maximum absolute atomic E-state index is 12.6. The van der Waals surface area contributed by atoms with Crippen LogP contribution in [0.2, 0.25) is 0 Å². The molecule has 0 bridgehead atoms. The first kappa shape index (κ1) is 15.7. The number of amides is 1. The van der Waals surface area contributed by atoms with E-state index in [0.717, 1.165) is 19.3 Å². The summed E-state index contributed by atoms with van der Waals surface area (Å²) in [7, 11) is 0. The Labute approximate surface area is 134 Å². The fourth-order valence-corrected chi connectivity index (χ4v) is 3.18. The number of aromatic amines is 1. The highest BCUT2D eigenvalue weighted by atomic mass is 16.3.